The Morgan fingerprint density at radius 1 is 1.14 bits per heavy atom. The lowest BCUT2D eigenvalue weighted by atomic mass is 9.84. The van der Waals surface area contributed by atoms with Crippen LogP contribution in [0.1, 0.15) is 74.5 Å². The Labute approximate surface area is 212 Å². The largest absolute Gasteiger partial charge is 0.494 e. The van der Waals surface area contributed by atoms with Crippen molar-refractivity contribution in [3.8, 4) is 17.2 Å². The zero-order valence-corrected chi connectivity index (χ0v) is 22.0. The Bertz CT molecular complexity index is 1180. The molecule has 2 aliphatic rings. The number of Topliss-reactive ketones (excluding diaryl/α,β-unsaturated/α-hetero) is 1. The van der Waals surface area contributed by atoms with Crippen molar-refractivity contribution in [3.05, 3.63) is 46.3 Å². The minimum atomic E-state index is -0.617. The van der Waals surface area contributed by atoms with Crippen molar-refractivity contribution in [1.29, 1.82) is 5.41 Å². The number of carbonyl (C=O) groups is 1. The first-order valence-corrected chi connectivity index (χ1v) is 12.6. The predicted molar refractivity (Wildman–Crippen MR) is 139 cm³/mol. The lowest BCUT2D eigenvalue weighted by Gasteiger charge is -2.26. The summed E-state index contributed by atoms with van der Waals surface area (Å²) in [5, 5.41) is 12.1. The number of nitrogens with zero attached hydrogens (tertiary/aromatic N) is 1. The Morgan fingerprint density at radius 3 is 2.42 bits per heavy atom. The maximum Gasteiger partial charge on any atom is 0.197 e. The molecule has 2 aromatic carbocycles. The highest BCUT2D eigenvalue weighted by atomic mass is 19.1. The molecule has 1 aliphatic heterocycles. The normalized spacial score (nSPS) is 15.1. The van der Waals surface area contributed by atoms with Crippen molar-refractivity contribution < 1.29 is 23.4 Å². The minimum Gasteiger partial charge on any atom is -0.494 e. The van der Waals surface area contributed by atoms with Crippen molar-refractivity contribution in [3.63, 3.8) is 0 Å². The number of rotatable bonds is 10. The highest BCUT2D eigenvalue weighted by Crippen LogP contribution is 2.41. The molecular weight excluding hydrogens is 461 g/mol. The fraction of sp³-hybridized carbons (Fsp3) is 0.500. The lowest BCUT2D eigenvalue weighted by molar-refractivity contribution is 0.0962. The van der Waals surface area contributed by atoms with Crippen molar-refractivity contribution in [2.75, 3.05) is 32.2 Å². The van der Waals surface area contributed by atoms with Gasteiger partial charge < -0.3 is 24.4 Å². The third-order valence-electron chi connectivity index (χ3n) is 6.47. The van der Waals surface area contributed by atoms with E-state index in [1.165, 1.54) is 0 Å². The van der Waals surface area contributed by atoms with Crippen molar-refractivity contribution >= 4 is 17.3 Å². The zero-order chi connectivity index (χ0) is 26.2. The summed E-state index contributed by atoms with van der Waals surface area (Å²) in [4.78, 5) is 15.1. The molecule has 1 saturated carbocycles. The van der Waals surface area contributed by atoms with Crippen LogP contribution in [0.2, 0.25) is 0 Å². The maximum absolute atomic E-state index is 15.4. The van der Waals surface area contributed by atoms with E-state index in [1.54, 1.807) is 25.0 Å². The third kappa shape index (κ3) is 4.99. The monoisotopic (exact) mass is 497 g/mol. The number of fused-ring (bicyclic) bond motifs is 1. The molecule has 2 N–H and O–H groups in total. The zero-order valence-electron chi connectivity index (χ0n) is 22.0. The second-order valence-corrected chi connectivity index (χ2v) is 10.3. The van der Waals surface area contributed by atoms with E-state index < -0.39 is 5.82 Å². The Hall–Kier alpha value is -3.29. The number of hydrogen-bond donors (Lipinski definition) is 2. The van der Waals surface area contributed by atoms with E-state index in [0.29, 0.717) is 29.5 Å². The van der Waals surface area contributed by atoms with Crippen molar-refractivity contribution in [2.45, 2.75) is 65.5 Å². The van der Waals surface area contributed by atoms with E-state index in [9.17, 15) is 4.79 Å². The van der Waals surface area contributed by atoms with Crippen LogP contribution in [0.25, 0.3) is 0 Å². The second-order valence-electron chi connectivity index (χ2n) is 10.3. The van der Waals surface area contributed by atoms with Gasteiger partial charge in [0, 0.05) is 23.7 Å². The number of halogens is 1. The molecule has 4 rings (SSSR count). The molecule has 7 nitrogen and oxygen atoms in total. The van der Waals surface area contributed by atoms with Crippen LogP contribution in [0, 0.1) is 11.2 Å². The minimum absolute atomic E-state index is 0.0109. The molecule has 0 amide bonds. The quantitative estimate of drug-likeness (QED) is 0.420. The Morgan fingerprint density at radius 2 is 1.83 bits per heavy atom. The summed E-state index contributed by atoms with van der Waals surface area (Å²) in [7, 11) is 1.65. The topological polar surface area (TPSA) is 83.9 Å². The summed E-state index contributed by atoms with van der Waals surface area (Å²) in [5.74, 6) is 0.291. The number of ketones is 1. The number of methoxy groups -OCH3 is 1. The number of benzene rings is 2. The first-order valence-electron chi connectivity index (χ1n) is 12.6. The number of hydrogen-bond acceptors (Lipinski definition) is 6. The summed E-state index contributed by atoms with van der Waals surface area (Å²) in [6, 6.07) is 5.82. The predicted octanol–water partition coefficient (Wildman–Crippen LogP) is 5.53. The highest BCUT2D eigenvalue weighted by Gasteiger charge is 2.34. The van der Waals surface area contributed by atoms with E-state index in [4.69, 9.17) is 19.6 Å². The van der Waals surface area contributed by atoms with Gasteiger partial charge >= 0.3 is 0 Å². The maximum atomic E-state index is 15.4. The molecule has 0 bridgehead atoms. The molecule has 0 spiro atoms. The Kier molecular flexibility index (Phi) is 7.16. The first-order chi connectivity index (χ1) is 17.1. The molecule has 0 radical (unpaired) electrons. The fourth-order valence-corrected chi connectivity index (χ4v) is 4.54. The van der Waals surface area contributed by atoms with Gasteiger partial charge in [0.1, 0.15) is 11.6 Å². The van der Waals surface area contributed by atoms with Gasteiger partial charge in [-0.15, -0.1) is 0 Å². The van der Waals surface area contributed by atoms with Crippen LogP contribution in [0.15, 0.2) is 18.2 Å². The van der Waals surface area contributed by atoms with Gasteiger partial charge in [-0.3, -0.25) is 10.2 Å². The molecule has 2 aromatic rings. The summed E-state index contributed by atoms with van der Waals surface area (Å²) in [6.07, 6.45) is 2.18. The molecule has 0 atom stereocenters. The fourth-order valence-electron chi connectivity index (χ4n) is 4.54. The van der Waals surface area contributed by atoms with Gasteiger partial charge in [-0.1, -0.05) is 20.8 Å². The molecule has 0 saturated heterocycles. The molecule has 0 aromatic heterocycles. The molecular formula is C28H36FN3O4. The highest BCUT2D eigenvalue weighted by molar-refractivity contribution is 6.06. The van der Waals surface area contributed by atoms with E-state index in [-0.39, 0.29) is 48.0 Å². The summed E-state index contributed by atoms with van der Waals surface area (Å²) < 4.78 is 32.2. The molecule has 194 valence electrons. The van der Waals surface area contributed by atoms with E-state index in [1.807, 2.05) is 19.1 Å². The van der Waals surface area contributed by atoms with Gasteiger partial charge in [0.15, 0.2) is 23.1 Å². The van der Waals surface area contributed by atoms with Crippen LogP contribution in [-0.2, 0) is 12.0 Å². The van der Waals surface area contributed by atoms with Gasteiger partial charge in [0.2, 0.25) is 0 Å². The molecule has 8 heteroatoms. The summed E-state index contributed by atoms with van der Waals surface area (Å²) >= 11 is 0. The van der Waals surface area contributed by atoms with E-state index in [2.05, 4.69) is 26.1 Å². The number of anilines is 1. The van der Waals surface area contributed by atoms with Crippen LogP contribution in [-0.4, -0.2) is 49.4 Å². The van der Waals surface area contributed by atoms with E-state index >= 15 is 4.39 Å². The molecule has 0 unspecified atom stereocenters. The van der Waals surface area contributed by atoms with Crippen LogP contribution in [0.3, 0.4) is 0 Å². The van der Waals surface area contributed by atoms with Crippen LogP contribution < -0.4 is 19.5 Å². The van der Waals surface area contributed by atoms with Gasteiger partial charge in [-0.25, -0.2) is 4.39 Å². The van der Waals surface area contributed by atoms with Gasteiger partial charge in [-0.05, 0) is 55.9 Å². The molecule has 36 heavy (non-hydrogen) atoms. The van der Waals surface area contributed by atoms with Gasteiger partial charge in [-0.2, -0.15) is 0 Å². The molecule has 1 heterocycles. The van der Waals surface area contributed by atoms with Gasteiger partial charge in [0.05, 0.1) is 38.1 Å². The van der Waals surface area contributed by atoms with E-state index in [0.717, 1.165) is 29.8 Å². The average molecular weight is 498 g/mol. The number of ether oxygens (including phenoxy) is 3. The summed E-state index contributed by atoms with van der Waals surface area (Å²) in [5.41, 5.74) is 2.82. The third-order valence-corrected chi connectivity index (χ3v) is 6.47. The number of nitrogens with one attached hydrogen (secondary N) is 2. The molecule has 1 aliphatic carbocycles. The Balaban J connectivity index is 1.64. The van der Waals surface area contributed by atoms with Crippen molar-refractivity contribution in [2.24, 2.45) is 0 Å². The number of amidine groups is 1. The standard InChI is InChI=1S/C28H36FN3O4/c1-7-35-22-13-17-14-32(27(30)23(17)24(29)26(22)36-8-2)15-21(33)16-11-19(28(3,4)5)25(34-6)20(12-16)31-18-9-10-18/h11-13,18,30-31H,7-10,14-15H2,1-6H3. The summed E-state index contributed by atoms with van der Waals surface area (Å²) in [6.45, 7) is 10.7. The van der Waals surface area contributed by atoms with Crippen LogP contribution in [0.5, 0.6) is 17.2 Å². The molecule has 1 fully saturated rings. The van der Waals surface area contributed by atoms with Crippen LogP contribution >= 0.6 is 0 Å². The van der Waals surface area contributed by atoms with Gasteiger partial charge in [0.25, 0.3) is 0 Å². The smallest absolute Gasteiger partial charge is 0.197 e. The SMILES string of the molecule is CCOc1cc2c(c(F)c1OCC)C(=N)N(CC(=O)c1cc(NC3CC3)c(OC)c(C(C)(C)C)c1)C2. The first kappa shape index (κ1) is 25.8. The van der Waals surface area contributed by atoms with Crippen molar-refractivity contribution in [1.82, 2.24) is 4.90 Å². The van der Waals surface area contributed by atoms with Crippen LogP contribution in [0.4, 0.5) is 10.1 Å². The number of carbonyl (C=O) groups excluding carboxylic acids is 1. The lowest BCUT2D eigenvalue weighted by Crippen LogP contribution is -2.31. The average Bonchev–Trinajstić information content (AvgIpc) is 3.58. The second kappa shape index (κ2) is 9.99.